The molecule has 0 bridgehead atoms. The van der Waals surface area contributed by atoms with Crippen LogP contribution in [0.1, 0.15) is 43.0 Å². The number of furan rings is 1. The van der Waals surface area contributed by atoms with Gasteiger partial charge in [0.25, 0.3) is 5.91 Å². The lowest BCUT2D eigenvalue weighted by Crippen LogP contribution is -2.14. The molecule has 0 aliphatic rings. The van der Waals surface area contributed by atoms with Crippen LogP contribution in [0.2, 0.25) is 0 Å². The minimum atomic E-state index is -0.619. The number of carbonyl (C=O) groups is 2. The minimum Gasteiger partial charge on any atom is -0.456 e. The Hall–Kier alpha value is -2.15. The summed E-state index contributed by atoms with van der Waals surface area (Å²) in [5.74, 6) is 0.344. The number of hydrogen-bond donors (Lipinski definition) is 2. The van der Waals surface area contributed by atoms with E-state index in [1.165, 1.54) is 11.3 Å². The molecule has 1 atom stereocenters. The molecule has 22 heavy (non-hydrogen) atoms. The highest BCUT2D eigenvalue weighted by Crippen LogP contribution is 2.29. The van der Waals surface area contributed by atoms with Crippen molar-refractivity contribution in [2.75, 3.05) is 5.32 Å². The maximum absolute atomic E-state index is 11.9. The van der Waals surface area contributed by atoms with Gasteiger partial charge in [-0.3, -0.25) is 9.59 Å². The third-order valence-electron chi connectivity index (χ3n) is 3.42. The number of thiazole rings is 1. The Morgan fingerprint density at radius 3 is 2.82 bits per heavy atom. The Bertz CT molecular complexity index is 690. The van der Waals surface area contributed by atoms with E-state index in [1.807, 2.05) is 12.3 Å². The number of nitrogens with one attached hydrogen (secondary N) is 1. The highest BCUT2D eigenvalue weighted by Gasteiger charge is 2.16. The molecule has 7 heteroatoms. The van der Waals surface area contributed by atoms with Crippen LogP contribution in [0, 0.1) is 12.8 Å². The van der Waals surface area contributed by atoms with E-state index in [0.717, 1.165) is 6.42 Å². The summed E-state index contributed by atoms with van der Waals surface area (Å²) in [5, 5.41) is 5.13. The number of amides is 2. The topological polar surface area (TPSA) is 98.2 Å². The van der Waals surface area contributed by atoms with Gasteiger partial charge in [0.1, 0.15) is 5.76 Å². The monoisotopic (exact) mass is 321 g/mol. The number of aromatic nitrogens is 1. The molecule has 1 unspecified atom stereocenters. The van der Waals surface area contributed by atoms with Crippen LogP contribution in [-0.4, -0.2) is 16.8 Å². The molecule has 0 saturated heterocycles. The predicted octanol–water partition coefficient (Wildman–Crippen LogP) is 3.19. The summed E-state index contributed by atoms with van der Waals surface area (Å²) in [5.41, 5.74) is 6.55. The van der Waals surface area contributed by atoms with Crippen molar-refractivity contribution >= 4 is 28.3 Å². The number of hydrogen-bond acceptors (Lipinski definition) is 5. The first-order valence-electron chi connectivity index (χ1n) is 7.06. The van der Waals surface area contributed by atoms with Gasteiger partial charge in [0, 0.05) is 17.4 Å². The first-order valence-corrected chi connectivity index (χ1v) is 7.94. The standard InChI is InChI=1S/C15H19N3O3S/c1-4-8(2)5-13(19)18-15-17-11(7-22-15)10-6-12(14(16)20)21-9(10)3/h6-8H,4-5H2,1-3H3,(H2,16,20)(H,17,18,19). The molecule has 0 aliphatic heterocycles. The summed E-state index contributed by atoms with van der Waals surface area (Å²) in [6.07, 6.45) is 1.43. The molecular formula is C15H19N3O3S. The molecule has 2 aromatic heterocycles. The molecule has 2 amide bonds. The Morgan fingerprint density at radius 1 is 1.50 bits per heavy atom. The maximum Gasteiger partial charge on any atom is 0.284 e. The van der Waals surface area contributed by atoms with Crippen LogP contribution in [0.5, 0.6) is 0 Å². The van der Waals surface area contributed by atoms with Crippen molar-refractivity contribution in [1.82, 2.24) is 4.98 Å². The SMILES string of the molecule is CCC(C)CC(=O)Nc1nc(-c2cc(C(N)=O)oc2C)cs1. The van der Waals surface area contributed by atoms with Crippen LogP contribution in [0.4, 0.5) is 5.13 Å². The summed E-state index contributed by atoms with van der Waals surface area (Å²) in [6.45, 7) is 5.83. The molecule has 0 radical (unpaired) electrons. The van der Waals surface area contributed by atoms with E-state index in [9.17, 15) is 9.59 Å². The molecule has 2 aromatic rings. The van der Waals surface area contributed by atoms with Crippen molar-refractivity contribution in [1.29, 1.82) is 0 Å². The number of rotatable bonds is 6. The molecule has 0 saturated carbocycles. The van der Waals surface area contributed by atoms with Gasteiger partial charge in [-0.15, -0.1) is 11.3 Å². The van der Waals surface area contributed by atoms with Crippen LogP contribution in [0.3, 0.4) is 0 Å². The highest BCUT2D eigenvalue weighted by molar-refractivity contribution is 7.14. The Balaban J connectivity index is 2.11. The van der Waals surface area contributed by atoms with Gasteiger partial charge < -0.3 is 15.5 Å². The Morgan fingerprint density at radius 2 is 2.23 bits per heavy atom. The van der Waals surface area contributed by atoms with Crippen molar-refractivity contribution < 1.29 is 14.0 Å². The van der Waals surface area contributed by atoms with Crippen LogP contribution in [0.15, 0.2) is 15.9 Å². The fourth-order valence-electron chi connectivity index (χ4n) is 1.94. The van der Waals surface area contributed by atoms with Gasteiger partial charge in [-0.25, -0.2) is 4.98 Å². The largest absolute Gasteiger partial charge is 0.456 e. The lowest BCUT2D eigenvalue weighted by molar-refractivity contribution is -0.117. The zero-order valence-corrected chi connectivity index (χ0v) is 13.6. The van der Waals surface area contributed by atoms with Crippen molar-refractivity contribution in [2.45, 2.75) is 33.6 Å². The van der Waals surface area contributed by atoms with E-state index in [1.54, 1.807) is 13.0 Å². The molecular weight excluding hydrogens is 302 g/mol. The molecule has 2 heterocycles. The van der Waals surface area contributed by atoms with Gasteiger partial charge in [-0.1, -0.05) is 20.3 Å². The number of carbonyl (C=O) groups excluding carboxylic acids is 2. The third-order valence-corrected chi connectivity index (χ3v) is 4.18. The predicted molar refractivity (Wildman–Crippen MR) is 85.8 cm³/mol. The summed E-state index contributed by atoms with van der Waals surface area (Å²) in [4.78, 5) is 27.4. The zero-order chi connectivity index (χ0) is 16.3. The number of nitrogens with zero attached hydrogens (tertiary/aromatic N) is 1. The molecule has 0 aliphatic carbocycles. The summed E-state index contributed by atoms with van der Waals surface area (Å²) in [7, 11) is 0. The van der Waals surface area contributed by atoms with E-state index in [4.69, 9.17) is 10.2 Å². The molecule has 0 fully saturated rings. The highest BCUT2D eigenvalue weighted by atomic mass is 32.1. The van der Waals surface area contributed by atoms with Crippen LogP contribution in [0.25, 0.3) is 11.3 Å². The quantitative estimate of drug-likeness (QED) is 0.853. The van der Waals surface area contributed by atoms with Gasteiger partial charge in [-0.2, -0.15) is 0 Å². The Labute approximate surface area is 132 Å². The van der Waals surface area contributed by atoms with Gasteiger partial charge in [0.05, 0.1) is 5.69 Å². The molecule has 0 spiro atoms. The number of primary amides is 1. The lowest BCUT2D eigenvalue weighted by atomic mass is 10.1. The van der Waals surface area contributed by atoms with Crippen LogP contribution in [-0.2, 0) is 4.79 Å². The van der Waals surface area contributed by atoms with E-state index in [2.05, 4.69) is 17.2 Å². The van der Waals surface area contributed by atoms with Gasteiger partial charge in [-0.05, 0) is 18.9 Å². The van der Waals surface area contributed by atoms with Gasteiger partial charge in [0.2, 0.25) is 5.91 Å². The number of nitrogens with two attached hydrogens (primary N) is 1. The fourth-order valence-corrected chi connectivity index (χ4v) is 2.67. The average Bonchev–Trinajstić information content (AvgIpc) is 3.04. The zero-order valence-electron chi connectivity index (χ0n) is 12.8. The van der Waals surface area contributed by atoms with E-state index in [-0.39, 0.29) is 11.7 Å². The Kier molecular flexibility index (Phi) is 4.97. The summed E-state index contributed by atoms with van der Waals surface area (Å²) < 4.78 is 5.29. The first-order chi connectivity index (χ1) is 10.4. The smallest absolute Gasteiger partial charge is 0.284 e. The van der Waals surface area contributed by atoms with Crippen LogP contribution < -0.4 is 11.1 Å². The molecule has 118 valence electrons. The second-order valence-electron chi connectivity index (χ2n) is 5.25. The van der Waals surface area contributed by atoms with Crippen molar-refractivity contribution in [3.8, 4) is 11.3 Å². The second kappa shape index (κ2) is 6.74. The second-order valence-corrected chi connectivity index (χ2v) is 6.11. The lowest BCUT2D eigenvalue weighted by Gasteiger charge is -2.06. The molecule has 0 aromatic carbocycles. The fraction of sp³-hybridized carbons (Fsp3) is 0.400. The van der Waals surface area contributed by atoms with E-state index >= 15 is 0 Å². The minimum absolute atomic E-state index is 0.0445. The normalized spacial score (nSPS) is 12.1. The van der Waals surface area contributed by atoms with Crippen molar-refractivity contribution in [2.24, 2.45) is 11.7 Å². The molecule has 3 N–H and O–H groups in total. The summed E-state index contributed by atoms with van der Waals surface area (Å²) in [6, 6.07) is 1.57. The number of anilines is 1. The maximum atomic E-state index is 11.9. The number of aryl methyl sites for hydroxylation is 1. The average molecular weight is 321 g/mol. The van der Waals surface area contributed by atoms with Crippen LogP contribution >= 0.6 is 11.3 Å². The van der Waals surface area contributed by atoms with Crippen molar-refractivity contribution in [3.05, 3.63) is 23.0 Å². The van der Waals surface area contributed by atoms with Crippen molar-refractivity contribution in [3.63, 3.8) is 0 Å². The van der Waals surface area contributed by atoms with E-state index < -0.39 is 5.91 Å². The first kappa shape index (κ1) is 16.2. The summed E-state index contributed by atoms with van der Waals surface area (Å²) >= 11 is 1.33. The molecule has 2 rings (SSSR count). The molecule has 6 nitrogen and oxygen atoms in total. The van der Waals surface area contributed by atoms with E-state index in [0.29, 0.717) is 34.5 Å². The third kappa shape index (κ3) is 3.73. The van der Waals surface area contributed by atoms with Gasteiger partial charge in [0.15, 0.2) is 10.9 Å². The van der Waals surface area contributed by atoms with Gasteiger partial charge >= 0.3 is 0 Å².